The van der Waals surface area contributed by atoms with Crippen LogP contribution >= 0.6 is 0 Å². The average molecular weight is 280 g/mol. The molecule has 0 aromatic carbocycles. The third kappa shape index (κ3) is 3.47. The molecule has 112 valence electrons. The Morgan fingerprint density at radius 3 is 2.80 bits per heavy atom. The van der Waals surface area contributed by atoms with Gasteiger partial charge in [-0.3, -0.25) is 0 Å². The highest BCUT2D eigenvalue weighted by Crippen LogP contribution is 2.22. The van der Waals surface area contributed by atoms with E-state index < -0.39 is 0 Å². The molecule has 7 heteroatoms. The predicted molar refractivity (Wildman–Crippen MR) is 80.3 cm³/mol. The number of piperidine rings is 1. The Kier molecular flexibility index (Phi) is 4.94. The molecular weight excluding hydrogens is 256 g/mol. The first kappa shape index (κ1) is 14.8. The van der Waals surface area contributed by atoms with Gasteiger partial charge in [-0.05, 0) is 25.7 Å². The number of rotatable bonds is 5. The monoisotopic (exact) mass is 280 g/mol. The molecule has 0 spiro atoms. The van der Waals surface area contributed by atoms with Gasteiger partial charge in [0, 0.05) is 40.3 Å². The Bertz CT molecular complexity index is 439. The lowest BCUT2D eigenvalue weighted by molar-refractivity contribution is 0.208. The quantitative estimate of drug-likeness (QED) is 0.817. The SMILES string of the molecule is CCNc1nc(N(C)C)nc(N2CCCC(CO)C2)n1. The van der Waals surface area contributed by atoms with Gasteiger partial charge >= 0.3 is 0 Å². The Morgan fingerprint density at radius 2 is 2.15 bits per heavy atom. The average Bonchev–Trinajstić information content (AvgIpc) is 2.47. The van der Waals surface area contributed by atoms with Crippen molar-refractivity contribution in [3.8, 4) is 0 Å². The fourth-order valence-corrected chi connectivity index (χ4v) is 2.33. The second-order valence-corrected chi connectivity index (χ2v) is 5.32. The van der Waals surface area contributed by atoms with Crippen LogP contribution in [0.4, 0.5) is 17.8 Å². The van der Waals surface area contributed by atoms with Crippen molar-refractivity contribution in [2.75, 3.05) is 55.5 Å². The molecule has 1 aliphatic heterocycles. The molecule has 1 atom stereocenters. The molecule has 0 amide bonds. The summed E-state index contributed by atoms with van der Waals surface area (Å²) in [5.74, 6) is 2.26. The zero-order valence-corrected chi connectivity index (χ0v) is 12.5. The topological polar surface area (TPSA) is 77.4 Å². The zero-order valence-electron chi connectivity index (χ0n) is 12.5. The molecule has 2 N–H and O–H groups in total. The van der Waals surface area contributed by atoms with E-state index in [2.05, 4.69) is 25.2 Å². The molecule has 2 heterocycles. The molecule has 2 rings (SSSR count). The summed E-state index contributed by atoms with van der Waals surface area (Å²) < 4.78 is 0. The Hall–Kier alpha value is -1.63. The minimum absolute atomic E-state index is 0.224. The number of anilines is 3. The van der Waals surface area contributed by atoms with Gasteiger partial charge in [0.05, 0.1) is 0 Å². The van der Waals surface area contributed by atoms with Crippen molar-refractivity contribution in [1.82, 2.24) is 15.0 Å². The van der Waals surface area contributed by atoms with E-state index in [-0.39, 0.29) is 6.61 Å². The van der Waals surface area contributed by atoms with Gasteiger partial charge in [0.15, 0.2) is 0 Å². The van der Waals surface area contributed by atoms with Crippen LogP contribution in [0.3, 0.4) is 0 Å². The van der Waals surface area contributed by atoms with Gasteiger partial charge in [-0.25, -0.2) is 0 Å². The molecule has 0 bridgehead atoms. The summed E-state index contributed by atoms with van der Waals surface area (Å²) in [4.78, 5) is 17.4. The Morgan fingerprint density at radius 1 is 1.35 bits per heavy atom. The van der Waals surface area contributed by atoms with Crippen molar-refractivity contribution in [3.05, 3.63) is 0 Å². The van der Waals surface area contributed by atoms with Gasteiger partial charge in [0.1, 0.15) is 0 Å². The first-order valence-corrected chi connectivity index (χ1v) is 7.17. The first-order valence-electron chi connectivity index (χ1n) is 7.17. The number of aliphatic hydroxyl groups is 1. The van der Waals surface area contributed by atoms with Crippen LogP contribution in [0.2, 0.25) is 0 Å². The highest BCUT2D eigenvalue weighted by Gasteiger charge is 2.22. The third-order valence-electron chi connectivity index (χ3n) is 3.41. The molecule has 1 aliphatic rings. The van der Waals surface area contributed by atoms with E-state index in [1.165, 1.54) is 0 Å². The van der Waals surface area contributed by atoms with Crippen molar-refractivity contribution >= 4 is 17.8 Å². The highest BCUT2D eigenvalue weighted by molar-refractivity contribution is 5.44. The maximum atomic E-state index is 9.34. The third-order valence-corrected chi connectivity index (χ3v) is 3.41. The van der Waals surface area contributed by atoms with Crippen LogP contribution < -0.4 is 15.1 Å². The standard InChI is InChI=1S/C13H24N6O/c1-4-14-11-15-12(18(2)3)17-13(16-11)19-7-5-6-10(8-19)9-20/h10,20H,4-9H2,1-3H3,(H,14,15,16,17). The van der Waals surface area contributed by atoms with Crippen LogP contribution in [-0.2, 0) is 0 Å². The van der Waals surface area contributed by atoms with Crippen LogP contribution in [0.1, 0.15) is 19.8 Å². The van der Waals surface area contributed by atoms with E-state index in [1.807, 2.05) is 25.9 Å². The Balaban J connectivity index is 2.24. The first-order chi connectivity index (χ1) is 9.63. The van der Waals surface area contributed by atoms with E-state index >= 15 is 0 Å². The van der Waals surface area contributed by atoms with Gasteiger partial charge in [0.2, 0.25) is 17.8 Å². The maximum Gasteiger partial charge on any atom is 0.231 e. The fraction of sp³-hybridized carbons (Fsp3) is 0.769. The number of nitrogens with zero attached hydrogens (tertiary/aromatic N) is 5. The van der Waals surface area contributed by atoms with Gasteiger partial charge in [-0.1, -0.05) is 0 Å². The molecule has 1 aromatic rings. The predicted octanol–water partition coefficient (Wildman–Crippen LogP) is 0.578. The lowest BCUT2D eigenvalue weighted by atomic mass is 9.99. The molecule has 1 aromatic heterocycles. The summed E-state index contributed by atoms with van der Waals surface area (Å²) in [5.41, 5.74) is 0. The van der Waals surface area contributed by atoms with E-state index in [0.29, 0.717) is 23.8 Å². The van der Waals surface area contributed by atoms with Crippen molar-refractivity contribution < 1.29 is 5.11 Å². The summed E-state index contributed by atoms with van der Waals surface area (Å²) in [7, 11) is 3.84. The van der Waals surface area contributed by atoms with Crippen LogP contribution in [0.5, 0.6) is 0 Å². The normalized spacial score (nSPS) is 19.0. The van der Waals surface area contributed by atoms with Crippen LogP contribution in [0.15, 0.2) is 0 Å². The summed E-state index contributed by atoms with van der Waals surface area (Å²) in [6.45, 7) is 4.75. The number of aromatic nitrogens is 3. The van der Waals surface area contributed by atoms with Crippen LogP contribution in [-0.4, -0.2) is 60.4 Å². The van der Waals surface area contributed by atoms with Crippen molar-refractivity contribution in [1.29, 1.82) is 0 Å². The molecule has 0 aliphatic carbocycles. The molecule has 1 saturated heterocycles. The minimum atomic E-state index is 0.224. The van der Waals surface area contributed by atoms with Crippen molar-refractivity contribution in [3.63, 3.8) is 0 Å². The van der Waals surface area contributed by atoms with E-state index in [4.69, 9.17) is 0 Å². The molecule has 0 radical (unpaired) electrons. The number of hydrogen-bond acceptors (Lipinski definition) is 7. The zero-order chi connectivity index (χ0) is 14.5. The second-order valence-electron chi connectivity index (χ2n) is 5.32. The summed E-state index contributed by atoms with van der Waals surface area (Å²) in [6.07, 6.45) is 2.13. The molecular formula is C13H24N6O. The van der Waals surface area contributed by atoms with Gasteiger partial charge < -0.3 is 20.2 Å². The molecule has 20 heavy (non-hydrogen) atoms. The van der Waals surface area contributed by atoms with E-state index in [0.717, 1.165) is 32.5 Å². The summed E-state index contributed by atoms with van der Waals surface area (Å²) in [6, 6.07) is 0. The van der Waals surface area contributed by atoms with Gasteiger partial charge in [-0.2, -0.15) is 15.0 Å². The number of nitrogens with one attached hydrogen (secondary N) is 1. The smallest absolute Gasteiger partial charge is 0.231 e. The lowest BCUT2D eigenvalue weighted by Gasteiger charge is -2.32. The number of hydrogen-bond donors (Lipinski definition) is 2. The highest BCUT2D eigenvalue weighted by atomic mass is 16.3. The minimum Gasteiger partial charge on any atom is -0.396 e. The van der Waals surface area contributed by atoms with Gasteiger partial charge in [-0.15, -0.1) is 0 Å². The van der Waals surface area contributed by atoms with Crippen LogP contribution in [0.25, 0.3) is 0 Å². The largest absolute Gasteiger partial charge is 0.396 e. The molecule has 0 saturated carbocycles. The van der Waals surface area contributed by atoms with Gasteiger partial charge in [0.25, 0.3) is 0 Å². The number of aliphatic hydroxyl groups excluding tert-OH is 1. The second kappa shape index (κ2) is 6.69. The summed E-state index contributed by atoms with van der Waals surface area (Å²) >= 11 is 0. The van der Waals surface area contributed by atoms with Crippen LogP contribution in [0, 0.1) is 5.92 Å². The van der Waals surface area contributed by atoms with Crippen molar-refractivity contribution in [2.24, 2.45) is 5.92 Å². The Labute approximate surface area is 120 Å². The van der Waals surface area contributed by atoms with Crippen molar-refractivity contribution in [2.45, 2.75) is 19.8 Å². The lowest BCUT2D eigenvalue weighted by Crippen LogP contribution is -2.38. The fourth-order valence-electron chi connectivity index (χ4n) is 2.33. The maximum absolute atomic E-state index is 9.34. The molecule has 1 unspecified atom stereocenters. The van der Waals surface area contributed by atoms with E-state index in [1.54, 1.807) is 0 Å². The molecule has 7 nitrogen and oxygen atoms in total. The van der Waals surface area contributed by atoms with E-state index in [9.17, 15) is 5.11 Å². The molecule has 1 fully saturated rings. The summed E-state index contributed by atoms with van der Waals surface area (Å²) in [5, 5.41) is 12.5.